The molecule has 0 aliphatic carbocycles. The molecule has 1 aliphatic heterocycles. The molecule has 0 amide bonds. The molecule has 20 heavy (non-hydrogen) atoms. The van der Waals surface area contributed by atoms with Crippen molar-refractivity contribution in [3.8, 4) is 0 Å². The monoisotopic (exact) mass is 278 g/mol. The Hall–Kier alpha value is -0.870. The van der Waals surface area contributed by atoms with E-state index in [2.05, 4.69) is 42.3 Å². The van der Waals surface area contributed by atoms with Gasteiger partial charge in [-0.25, -0.2) is 0 Å². The average molecular weight is 278 g/mol. The van der Waals surface area contributed by atoms with Crippen molar-refractivity contribution in [1.82, 2.24) is 20.0 Å². The second-order valence-electron chi connectivity index (χ2n) is 6.03. The molecular weight excluding hydrogens is 248 g/mol. The van der Waals surface area contributed by atoms with Crippen molar-refractivity contribution in [1.29, 1.82) is 0 Å². The first-order chi connectivity index (χ1) is 9.72. The van der Waals surface area contributed by atoms with Gasteiger partial charge >= 0.3 is 0 Å². The quantitative estimate of drug-likeness (QED) is 0.776. The Kier molecular flexibility index (Phi) is 6.05. The number of nitrogens with zero attached hydrogens (tertiary/aromatic N) is 3. The molecule has 1 N–H and O–H groups in total. The summed E-state index contributed by atoms with van der Waals surface area (Å²) in [6.45, 7) is 10.3. The number of rotatable bonds is 7. The van der Waals surface area contributed by atoms with Gasteiger partial charge in [0.2, 0.25) is 0 Å². The molecule has 114 valence electrons. The summed E-state index contributed by atoms with van der Waals surface area (Å²) in [5.41, 5.74) is 2.56. The van der Waals surface area contributed by atoms with Gasteiger partial charge in [0.15, 0.2) is 0 Å². The van der Waals surface area contributed by atoms with Crippen LogP contribution in [0.4, 0.5) is 0 Å². The van der Waals surface area contributed by atoms with Gasteiger partial charge in [-0.15, -0.1) is 0 Å². The van der Waals surface area contributed by atoms with E-state index in [1.807, 2.05) is 4.68 Å². The van der Waals surface area contributed by atoms with Crippen molar-refractivity contribution in [2.45, 2.75) is 46.1 Å². The summed E-state index contributed by atoms with van der Waals surface area (Å²) in [7, 11) is 2.07. The highest BCUT2D eigenvalue weighted by atomic mass is 15.3. The maximum atomic E-state index is 4.54. The van der Waals surface area contributed by atoms with Crippen LogP contribution in [-0.4, -0.2) is 40.9 Å². The second-order valence-corrected chi connectivity index (χ2v) is 6.03. The second kappa shape index (κ2) is 7.79. The fourth-order valence-electron chi connectivity index (χ4n) is 2.95. The van der Waals surface area contributed by atoms with Crippen molar-refractivity contribution in [3.63, 3.8) is 0 Å². The lowest BCUT2D eigenvalue weighted by Crippen LogP contribution is -2.37. The molecule has 0 spiro atoms. The molecule has 0 radical (unpaired) electrons. The number of aromatic nitrogens is 2. The van der Waals surface area contributed by atoms with E-state index >= 15 is 0 Å². The van der Waals surface area contributed by atoms with E-state index in [-0.39, 0.29) is 0 Å². The number of nitrogens with one attached hydrogen (secondary N) is 1. The average Bonchev–Trinajstić information content (AvgIpc) is 2.82. The van der Waals surface area contributed by atoms with E-state index in [4.69, 9.17) is 0 Å². The van der Waals surface area contributed by atoms with Crippen LogP contribution in [0.3, 0.4) is 0 Å². The third-order valence-electron chi connectivity index (χ3n) is 4.34. The van der Waals surface area contributed by atoms with Gasteiger partial charge in [0.25, 0.3) is 0 Å². The Balaban J connectivity index is 1.75. The normalized spacial score (nSPS) is 17.8. The van der Waals surface area contributed by atoms with Crippen LogP contribution in [0.25, 0.3) is 0 Å². The van der Waals surface area contributed by atoms with Gasteiger partial charge in [-0.2, -0.15) is 5.10 Å². The third-order valence-corrected chi connectivity index (χ3v) is 4.34. The Morgan fingerprint density at radius 1 is 1.30 bits per heavy atom. The van der Waals surface area contributed by atoms with Gasteiger partial charge in [0.05, 0.1) is 11.4 Å². The molecule has 0 atom stereocenters. The molecule has 1 aliphatic rings. The lowest BCUT2D eigenvalue weighted by molar-refractivity contribution is 0.172. The molecule has 0 bridgehead atoms. The van der Waals surface area contributed by atoms with E-state index < -0.39 is 0 Å². The Labute approximate surface area is 123 Å². The minimum atomic E-state index is 0.871. The van der Waals surface area contributed by atoms with Crippen molar-refractivity contribution >= 4 is 0 Å². The van der Waals surface area contributed by atoms with Gasteiger partial charge in [-0.3, -0.25) is 9.58 Å². The summed E-state index contributed by atoms with van der Waals surface area (Å²) in [4.78, 5) is 2.58. The zero-order valence-corrected chi connectivity index (χ0v) is 13.4. The van der Waals surface area contributed by atoms with Gasteiger partial charge in [0, 0.05) is 13.6 Å². The SMILES string of the molecule is CCCNCC1CCN(Cc2cc(CC)nn2C)CC1. The van der Waals surface area contributed by atoms with E-state index in [1.54, 1.807) is 0 Å². The first kappa shape index (κ1) is 15.5. The van der Waals surface area contributed by atoms with Gasteiger partial charge in [-0.1, -0.05) is 13.8 Å². The van der Waals surface area contributed by atoms with Gasteiger partial charge in [0.1, 0.15) is 0 Å². The fraction of sp³-hybridized carbons (Fsp3) is 0.812. The van der Waals surface area contributed by atoms with Crippen LogP contribution in [0, 0.1) is 5.92 Å². The number of aryl methyl sites for hydroxylation is 2. The van der Waals surface area contributed by atoms with Crippen molar-refractivity contribution in [2.24, 2.45) is 13.0 Å². The van der Waals surface area contributed by atoms with Crippen molar-refractivity contribution in [3.05, 3.63) is 17.5 Å². The minimum absolute atomic E-state index is 0.871. The van der Waals surface area contributed by atoms with Crippen LogP contribution in [0.5, 0.6) is 0 Å². The third kappa shape index (κ3) is 4.32. The molecule has 0 saturated carbocycles. The molecule has 4 heteroatoms. The largest absolute Gasteiger partial charge is 0.316 e. The molecule has 2 heterocycles. The van der Waals surface area contributed by atoms with Crippen LogP contribution in [0.15, 0.2) is 6.07 Å². The smallest absolute Gasteiger partial charge is 0.0625 e. The summed E-state index contributed by atoms with van der Waals surface area (Å²) in [5.74, 6) is 0.871. The summed E-state index contributed by atoms with van der Waals surface area (Å²) < 4.78 is 2.05. The maximum Gasteiger partial charge on any atom is 0.0625 e. The molecule has 1 aromatic heterocycles. The highest BCUT2D eigenvalue weighted by Crippen LogP contribution is 2.18. The Morgan fingerprint density at radius 3 is 2.65 bits per heavy atom. The number of hydrogen-bond donors (Lipinski definition) is 1. The van der Waals surface area contributed by atoms with Gasteiger partial charge in [-0.05, 0) is 63.8 Å². The zero-order chi connectivity index (χ0) is 14.4. The zero-order valence-electron chi connectivity index (χ0n) is 13.4. The first-order valence-electron chi connectivity index (χ1n) is 8.17. The van der Waals surface area contributed by atoms with E-state index in [1.165, 1.54) is 50.3 Å². The lowest BCUT2D eigenvalue weighted by atomic mass is 9.96. The Morgan fingerprint density at radius 2 is 2.05 bits per heavy atom. The molecule has 1 saturated heterocycles. The fourth-order valence-corrected chi connectivity index (χ4v) is 2.95. The van der Waals surface area contributed by atoms with E-state index in [9.17, 15) is 0 Å². The highest BCUT2D eigenvalue weighted by Gasteiger charge is 2.19. The van der Waals surface area contributed by atoms with E-state index in [0.717, 1.165) is 25.4 Å². The van der Waals surface area contributed by atoms with E-state index in [0.29, 0.717) is 0 Å². The minimum Gasteiger partial charge on any atom is -0.316 e. The number of likely N-dealkylation sites (tertiary alicyclic amines) is 1. The highest BCUT2D eigenvalue weighted by molar-refractivity contribution is 5.10. The number of piperidine rings is 1. The molecule has 0 unspecified atom stereocenters. The van der Waals surface area contributed by atoms with Crippen LogP contribution in [-0.2, 0) is 20.0 Å². The van der Waals surface area contributed by atoms with Crippen LogP contribution >= 0.6 is 0 Å². The lowest BCUT2D eigenvalue weighted by Gasteiger charge is -2.32. The van der Waals surface area contributed by atoms with Crippen molar-refractivity contribution < 1.29 is 0 Å². The topological polar surface area (TPSA) is 33.1 Å². The number of hydrogen-bond acceptors (Lipinski definition) is 3. The molecule has 1 fully saturated rings. The van der Waals surface area contributed by atoms with Crippen LogP contribution in [0.1, 0.15) is 44.5 Å². The molecule has 2 rings (SSSR count). The van der Waals surface area contributed by atoms with Crippen LogP contribution in [0.2, 0.25) is 0 Å². The van der Waals surface area contributed by atoms with Crippen molar-refractivity contribution in [2.75, 3.05) is 26.2 Å². The van der Waals surface area contributed by atoms with Crippen LogP contribution < -0.4 is 5.32 Å². The standard InChI is InChI=1S/C16H30N4/c1-4-8-17-12-14-6-9-20(10-7-14)13-16-11-15(5-2)18-19(16)3/h11,14,17H,4-10,12-13H2,1-3H3. The molecule has 0 aromatic carbocycles. The molecular formula is C16H30N4. The predicted octanol–water partition coefficient (Wildman–Crippen LogP) is 2.19. The molecule has 1 aromatic rings. The Bertz CT molecular complexity index is 391. The maximum absolute atomic E-state index is 4.54. The first-order valence-corrected chi connectivity index (χ1v) is 8.17. The summed E-state index contributed by atoms with van der Waals surface area (Å²) in [6.07, 6.45) is 4.92. The predicted molar refractivity (Wildman–Crippen MR) is 83.7 cm³/mol. The summed E-state index contributed by atoms with van der Waals surface area (Å²) in [5, 5.41) is 8.10. The summed E-state index contributed by atoms with van der Waals surface area (Å²) in [6, 6.07) is 2.26. The van der Waals surface area contributed by atoms with Gasteiger partial charge < -0.3 is 5.32 Å². The summed E-state index contributed by atoms with van der Waals surface area (Å²) >= 11 is 0. The molecule has 4 nitrogen and oxygen atoms in total.